The Morgan fingerprint density at radius 1 is 1.71 bits per heavy atom. The highest BCUT2D eigenvalue weighted by Crippen LogP contribution is 2.14. The van der Waals surface area contributed by atoms with E-state index in [0.717, 1.165) is 0 Å². The predicted octanol–water partition coefficient (Wildman–Crippen LogP) is 0.288. The fourth-order valence-electron chi connectivity index (χ4n) is 1.02. The molecular weight excluding hydrogens is 208 g/mol. The Balaban J connectivity index is 3.02. The highest BCUT2D eigenvalue weighted by Gasteiger charge is 2.09. The lowest BCUT2D eigenvalue weighted by Gasteiger charge is -2.06. The SMILES string of the molecule is COc1c(Cl)ncn(CCCO)c1=O. The predicted molar refractivity (Wildman–Crippen MR) is 51.8 cm³/mol. The quantitative estimate of drug-likeness (QED) is 0.738. The van der Waals surface area contributed by atoms with Gasteiger partial charge in [0.15, 0.2) is 5.15 Å². The number of methoxy groups -OCH3 is 1. The number of halogens is 1. The summed E-state index contributed by atoms with van der Waals surface area (Å²) in [7, 11) is 1.36. The number of nitrogens with zero attached hydrogens (tertiary/aromatic N) is 2. The largest absolute Gasteiger partial charge is 0.489 e. The molecule has 1 rings (SSSR count). The zero-order valence-corrected chi connectivity index (χ0v) is 8.49. The van der Waals surface area contributed by atoms with Crippen LogP contribution in [0.5, 0.6) is 5.75 Å². The van der Waals surface area contributed by atoms with Gasteiger partial charge in [-0.1, -0.05) is 11.6 Å². The normalized spacial score (nSPS) is 10.2. The maximum atomic E-state index is 11.6. The molecule has 0 atom stereocenters. The van der Waals surface area contributed by atoms with Crippen LogP contribution < -0.4 is 10.3 Å². The smallest absolute Gasteiger partial charge is 0.297 e. The Kier molecular flexibility index (Phi) is 3.91. The Morgan fingerprint density at radius 2 is 2.43 bits per heavy atom. The average Bonchev–Trinajstić information content (AvgIpc) is 2.18. The van der Waals surface area contributed by atoms with E-state index in [4.69, 9.17) is 21.4 Å². The molecule has 5 nitrogen and oxygen atoms in total. The Hall–Kier alpha value is -1.07. The summed E-state index contributed by atoms with van der Waals surface area (Å²) < 4.78 is 6.15. The van der Waals surface area contributed by atoms with E-state index >= 15 is 0 Å². The maximum Gasteiger partial charge on any atom is 0.297 e. The second-order valence-corrected chi connectivity index (χ2v) is 3.00. The van der Waals surface area contributed by atoms with Gasteiger partial charge in [0.05, 0.1) is 13.4 Å². The van der Waals surface area contributed by atoms with Crippen LogP contribution in [0.2, 0.25) is 5.15 Å². The Morgan fingerprint density at radius 3 is 3.00 bits per heavy atom. The van der Waals surface area contributed by atoms with E-state index in [1.165, 1.54) is 18.0 Å². The third kappa shape index (κ3) is 2.24. The second-order valence-electron chi connectivity index (χ2n) is 2.64. The Labute approximate surface area is 85.9 Å². The molecule has 0 bridgehead atoms. The zero-order chi connectivity index (χ0) is 10.6. The molecule has 0 aromatic carbocycles. The van der Waals surface area contributed by atoms with Crippen LogP contribution in [0.15, 0.2) is 11.1 Å². The molecule has 0 fully saturated rings. The summed E-state index contributed by atoms with van der Waals surface area (Å²) in [4.78, 5) is 15.3. The monoisotopic (exact) mass is 218 g/mol. The molecule has 0 aliphatic carbocycles. The molecule has 1 aromatic heterocycles. The summed E-state index contributed by atoms with van der Waals surface area (Å²) in [5, 5.41) is 8.66. The third-order valence-corrected chi connectivity index (χ3v) is 1.98. The van der Waals surface area contributed by atoms with Crippen molar-refractivity contribution in [2.24, 2.45) is 0 Å². The highest BCUT2D eigenvalue weighted by atomic mass is 35.5. The van der Waals surface area contributed by atoms with Crippen molar-refractivity contribution in [2.45, 2.75) is 13.0 Å². The molecule has 78 valence electrons. The lowest BCUT2D eigenvalue weighted by atomic mass is 10.4. The summed E-state index contributed by atoms with van der Waals surface area (Å²) in [6, 6.07) is 0. The standard InChI is InChI=1S/C8H11ClN2O3/c1-14-6-7(9)10-5-11(8(6)13)3-2-4-12/h5,12H,2-4H2,1H3. The van der Waals surface area contributed by atoms with Gasteiger partial charge >= 0.3 is 0 Å². The van der Waals surface area contributed by atoms with Crippen molar-refractivity contribution in [1.82, 2.24) is 9.55 Å². The van der Waals surface area contributed by atoms with E-state index < -0.39 is 0 Å². The lowest BCUT2D eigenvalue weighted by Crippen LogP contribution is -2.22. The van der Waals surface area contributed by atoms with Gasteiger partial charge < -0.3 is 9.84 Å². The first kappa shape index (κ1) is 11.0. The van der Waals surface area contributed by atoms with Gasteiger partial charge in [-0.05, 0) is 6.42 Å². The third-order valence-electron chi connectivity index (χ3n) is 1.71. The van der Waals surface area contributed by atoms with Crippen molar-refractivity contribution in [3.8, 4) is 5.75 Å². The van der Waals surface area contributed by atoms with Gasteiger partial charge in [0.2, 0.25) is 5.75 Å². The van der Waals surface area contributed by atoms with Gasteiger partial charge in [0.25, 0.3) is 5.56 Å². The van der Waals surface area contributed by atoms with Gasteiger partial charge in [-0.3, -0.25) is 9.36 Å². The average molecular weight is 219 g/mol. The van der Waals surface area contributed by atoms with Crippen molar-refractivity contribution < 1.29 is 9.84 Å². The minimum Gasteiger partial charge on any atom is -0.489 e. The number of aryl methyl sites for hydroxylation is 1. The van der Waals surface area contributed by atoms with Gasteiger partial charge in [0, 0.05) is 13.2 Å². The first-order valence-electron chi connectivity index (χ1n) is 4.10. The highest BCUT2D eigenvalue weighted by molar-refractivity contribution is 6.30. The van der Waals surface area contributed by atoms with Crippen molar-refractivity contribution in [3.63, 3.8) is 0 Å². The molecule has 1 aromatic rings. The molecule has 0 radical (unpaired) electrons. The van der Waals surface area contributed by atoms with E-state index in [0.29, 0.717) is 13.0 Å². The maximum absolute atomic E-state index is 11.6. The Bertz CT molecular complexity index is 364. The van der Waals surface area contributed by atoms with E-state index in [-0.39, 0.29) is 23.1 Å². The fraction of sp³-hybridized carbons (Fsp3) is 0.500. The summed E-state index contributed by atoms with van der Waals surface area (Å²) in [5.41, 5.74) is -0.332. The van der Waals surface area contributed by atoms with Crippen LogP contribution in [0.3, 0.4) is 0 Å². The topological polar surface area (TPSA) is 64.3 Å². The number of hydrogen-bond donors (Lipinski definition) is 1. The number of aliphatic hydroxyl groups is 1. The first-order chi connectivity index (χ1) is 6.70. The van der Waals surface area contributed by atoms with E-state index in [9.17, 15) is 4.79 Å². The van der Waals surface area contributed by atoms with E-state index in [1.807, 2.05) is 0 Å². The molecule has 0 amide bonds. The summed E-state index contributed by atoms with van der Waals surface area (Å²) >= 11 is 5.64. The van der Waals surface area contributed by atoms with Gasteiger partial charge in [0.1, 0.15) is 0 Å². The van der Waals surface area contributed by atoms with E-state index in [2.05, 4.69) is 4.98 Å². The minimum atomic E-state index is -0.332. The minimum absolute atomic E-state index is 0.0252. The van der Waals surface area contributed by atoms with Gasteiger partial charge in [-0.25, -0.2) is 4.98 Å². The van der Waals surface area contributed by atoms with Gasteiger partial charge in [-0.15, -0.1) is 0 Å². The molecular formula is C8H11ClN2O3. The molecule has 0 saturated carbocycles. The molecule has 1 heterocycles. The first-order valence-corrected chi connectivity index (χ1v) is 4.48. The van der Waals surface area contributed by atoms with Crippen LogP contribution in [0, 0.1) is 0 Å². The number of aromatic nitrogens is 2. The van der Waals surface area contributed by atoms with Crippen LogP contribution >= 0.6 is 11.6 Å². The van der Waals surface area contributed by atoms with Crippen LogP contribution in [-0.4, -0.2) is 28.4 Å². The molecule has 14 heavy (non-hydrogen) atoms. The van der Waals surface area contributed by atoms with Crippen LogP contribution in [0.25, 0.3) is 0 Å². The molecule has 6 heteroatoms. The van der Waals surface area contributed by atoms with Crippen LogP contribution in [0.4, 0.5) is 0 Å². The van der Waals surface area contributed by atoms with Crippen molar-refractivity contribution >= 4 is 11.6 Å². The fourth-order valence-corrected chi connectivity index (χ4v) is 1.22. The summed E-state index contributed by atoms with van der Waals surface area (Å²) in [6.07, 6.45) is 1.83. The zero-order valence-electron chi connectivity index (χ0n) is 7.73. The number of hydrogen-bond acceptors (Lipinski definition) is 4. The number of rotatable bonds is 4. The molecule has 0 aliphatic rings. The molecule has 0 unspecified atom stereocenters. The second kappa shape index (κ2) is 4.97. The van der Waals surface area contributed by atoms with Crippen LogP contribution in [0.1, 0.15) is 6.42 Å². The van der Waals surface area contributed by atoms with Gasteiger partial charge in [-0.2, -0.15) is 0 Å². The van der Waals surface area contributed by atoms with E-state index in [1.54, 1.807) is 0 Å². The summed E-state index contributed by atoms with van der Waals surface area (Å²) in [5.74, 6) is 0.0344. The summed E-state index contributed by atoms with van der Waals surface area (Å²) in [6.45, 7) is 0.424. The molecule has 0 spiro atoms. The lowest BCUT2D eigenvalue weighted by molar-refractivity contribution is 0.278. The number of aliphatic hydroxyl groups excluding tert-OH is 1. The van der Waals surface area contributed by atoms with Crippen molar-refractivity contribution in [3.05, 3.63) is 21.8 Å². The van der Waals surface area contributed by atoms with Crippen molar-refractivity contribution in [1.29, 1.82) is 0 Å². The molecule has 1 N–H and O–H groups in total. The van der Waals surface area contributed by atoms with Crippen molar-refractivity contribution in [2.75, 3.05) is 13.7 Å². The number of ether oxygens (including phenoxy) is 1. The van der Waals surface area contributed by atoms with Crippen LogP contribution in [-0.2, 0) is 6.54 Å². The molecule has 0 saturated heterocycles. The molecule has 0 aliphatic heterocycles.